The second kappa shape index (κ2) is 4.60. The van der Waals surface area contributed by atoms with Gasteiger partial charge in [0.1, 0.15) is 0 Å². The number of likely N-dealkylation sites (tertiary alicyclic amines) is 1. The van der Waals surface area contributed by atoms with Gasteiger partial charge in [-0.15, -0.1) is 0 Å². The van der Waals surface area contributed by atoms with E-state index in [0.717, 1.165) is 32.4 Å². The normalized spacial score (nSPS) is 41.1. The van der Waals surface area contributed by atoms with Crippen molar-refractivity contribution in [2.75, 3.05) is 13.1 Å². The third-order valence-corrected chi connectivity index (χ3v) is 3.73. The monoisotopic (exact) mass is 198 g/mol. The lowest BCUT2D eigenvalue weighted by molar-refractivity contribution is 0.145. The van der Waals surface area contributed by atoms with Crippen molar-refractivity contribution in [3.63, 3.8) is 0 Å². The lowest BCUT2D eigenvalue weighted by Gasteiger charge is -2.30. The number of hydrogen-bond acceptors (Lipinski definition) is 3. The minimum atomic E-state index is -0.0716. The Kier molecular flexibility index (Phi) is 3.42. The predicted octanol–water partition coefficient (Wildman–Crippen LogP) is 0.713. The Hall–Kier alpha value is -0.120. The van der Waals surface area contributed by atoms with E-state index in [4.69, 9.17) is 5.73 Å². The van der Waals surface area contributed by atoms with Crippen molar-refractivity contribution in [3.8, 4) is 0 Å². The van der Waals surface area contributed by atoms with Gasteiger partial charge >= 0.3 is 0 Å². The van der Waals surface area contributed by atoms with Crippen LogP contribution in [0.5, 0.6) is 0 Å². The smallest absolute Gasteiger partial charge is 0.0553 e. The Morgan fingerprint density at radius 1 is 1.00 bits per heavy atom. The van der Waals surface area contributed by atoms with E-state index in [1.807, 2.05) is 0 Å². The van der Waals surface area contributed by atoms with Gasteiger partial charge in [0.25, 0.3) is 0 Å². The van der Waals surface area contributed by atoms with E-state index in [-0.39, 0.29) is 6.10 Å². The molecule has 1 heterocycles. The van der Waals surface area contributed by atoms with Gasteiger partial charge in [0, 0.05) is 18.6 Å². The maximum atomic E-state index is 9.56. The summed E-state index contributed by atoms with van der Waals surface area (Å²) in [6, 6.07) is 0.977. The zero-order chi connectivity index (χ0) is 9.97. The van der Waals surface area contributed by atoms with Crippen LogP contribution in [0.2, 0.25) is 0 Å². The number of aliphatic hydroxyl groups excluding tert-OH is 1. The highest BCUT2D eigenvalue weighted by Gasteiger charge is 2.30. The van der Waals surface area contributed by atoms with Gasteiger partial charge in [0.05, 0.1) is 6.10 Å². The van der Waals surface area contributed by atoms with Crippen LogP contribution in [0.4, 0.5) is 0 Å². The van der Waals surface area contributed by atoms with Crippen molar-refractivity contribution in [1.82, 2.24) is 4.90 Å². The van der Waals surface area contributed by atoms with Crippen LogP contribution in [0, 0.1) is 0 Å². The molecule has 0 aromatic rings. The number of aliphatic hydroxyl groups is 1. The van der Waals surface area contributed by atoms with Gasteiger partial charge in [-0.25, -0.2) is 0 Å². The summed E-state index contributed by atoms with van der Waals surface area (Å²) in [4.78, 5) is 2.51. The van der Waals surface area contributed by atoms with E-state index in [0.29, 0.717) is 12.1 Å². The first-order valence-corrected chi connectivity index (χ1v) is 5.95. The SMILES string of the molecule is NC1CCCC1N1CCCC(O)CC1. The van der Waals surface area contributed by atoms with Crippen LogP contribution in [0.3, 0.4) is 0 Å². The second-order valence-corrected chi connectivity index (χ2v) is 4.78. The molecule has 1 aliphatic heterocycles. The van der Waals surface area contributed by atoms with Crippen molar-refractivity contribution in [2.24, 2.45) is 5.73 Å². The molecule has 0 bridgehead atoms. The third-order valence-electron chi connectivity index (χ3n) is 3.73. The van der Waals surface area contributed by atoms with E-state index in [2.05, 4.69) is 4.90 Å². The van der Waals surface area contributed by atoms with Crippen LogP contribution in [0.25, 0.3) is 0 Å². The van der Waals surface area contributed by atoms with Crippen LogP contribution >= 0.6 is 0 Å². The molecular formula is C11H22N2O. The van der Waals surface area contributed by atoms with Crippen molar-refractivity contribution >= 4 is 0 Å². The summed E-state index contributed by atoms with van der Waals surface area (Å²) in [5, 5.41) is 9.56. The molecule has 0 amide bonds. The minimum absolute atomic E-state index is 0.0716. The maximum Gasteiger partial charge on any atom is 0.0553 e. The first-order chi connectivity index (χ1) is 6.77. The summed E-state index contributed by atoms with van der Waals surface area (Å²) < 4.78 is 0. The fourth-order valence-corrected chi connectivity index (χ4v) is 2.86. The Morgan fingerprint density at radius 2 is 1.86 bits per heavy atom. The second-order valence-electron chi connectivity index (χ2n) is 4.78. The van der Waals surface area contributed by atoms with Gasteiger partial charge in [-0.3, -0.25) is 4.90 Å². The van der Waals surface area contributed by atoms with Crippen LogP contribution in [-0.2, 0) is 0 Å². The zero-order valence-electron chi connectivity index (χ0n) is 8.86. The molecule has 0 aromatic carbocycles. The number of nitrogens with two attached hydrogens (primary N) is 1. The molecule has 1 saturated heterocycles. The lowest BCUT2D eigenvalue weighted by Crippen LogP contribution is -2.44. The predicted molar refractivity (Wildman–Crippen MR) is 57.0 cm³/mol. The highest BCUT2D eigenvalue weighted by Crippen LogP contribution is 2.25. The van der Waals surface area contributed by atoms with Gasteiger partial charge in [-0.05, 0) is 38.6 Å². The molecule has 3 N–H and O–H groups in total. The molecule has 3 unspecified atom stereocenters. The van der Waals surface area contributed by atoms with E-state index >= 15 is 0 Å². The molecule has 3 nitrogen and oxygen atoms in total. The third kappa shape index (κ3) is 2.27. The average Bonchev–Trinajstić information content (AvgIpc) is 2.46. The standard InChI is InChI=1S/C11H22N2O/c12-10-4-1-5-11(10)13-7-2-3-9(14)6-8-13/h9-11,14H,1-8,12H2. The summed E-state index contributed by atoms with van der Waals surface area (Å²) in [5.41, 5.74) is 6.09. The van der Waals surface area contributed by atoms with E-state index in [9.17, 15) is 5.11 Å². The van der Waals surface area contributed by atoms with Gasteiger partial charge in [-0.1, -0.05) is 6.42 Å². The Bertz CT molecular complexity index is 186. The molecule has 1 aliphatic carbocycles. The van der Waals surface area contributed by atoms with Crippen LogP contribution in [-0.4, -0.2) is 41.3 Å². The fraction of sp³-hybridized carbons (Fsp3) is 1.00. The molecular weight excluding hydrogens is 176 g/mol. The van der Waals surface area contributed by atoms with E-state index in [1.165, 1.54) is 19.3 Å². The zero-order valence-corrected chi connectivity index (χ0v) is 8.86. The number of rotatable bonds is 1. The Balaban J connectivity index is 1.90. The van der Waals surface area contributed by atoms with Crippen molar-refractivity contribution in [1.29, 1.82) is 0 Å². The Labute approximate surface area is 86.3 Å². The molecule has 0 spiro atoms. The lowest BCUT2D eigenvalue weighted by atomic mass is 10.1. The quantitative estimate of drug-likeness (QED) is 0.652. The van der Waals surface area contributed by atoms with E-state index in [1.54, 1.807) is 0 Å². The Morgan fingerprint density at radius 3 is 2.57 bits per heavy atom. The van der Waals surface area contributed by atoms with Gasteiger partial charge in [0.15, 0.2) is 0 Å². The summed E-state index contributed by atoms with van der Waals surface area (Å²) in [6.45, 7) is 2.18. The largest absolute Gasteiger partial charge is 0.393 e. The molecule has 14 heavy (non-hydrogen) atoms. The van der Waals surface area contributed by atoms with Gasteiger partial charge in [-0.2, -0.15) is 0 Å². The van der Waals surface area contributed by atoms with Crippen LogP contribution in [0.15, 0.2) is 0 Å². The molecule has 3 atom stereocenters. The first-order valence-electron chi connectivity index (χ1n) is 5.95. The van der Waals surface area contributed by atoms with Crippen molar-refractivity contribution in [3.05, 3.63) is 0 Å². The molecule has 2 aliphatic rings. The topological polar surface area (TPSA) is 49.5 Å². The highest BCUT2D eigenvalue weighted by molar-refractivity contribution is 4.89. The average molecular weight is 198 g/mol. The molecule has 1 saturated carbocycles. The molecule has 0 aromatic heterocycles. The fourth-order valence-electron chi connectivity index (χ4n) is 2.86. The first kappa shape index (κ1) is 10.4. The minimum Gasteiger partial charge on any atom is -0.393 e. The number of hydrogen-bond donors (Lipinski definition) is 2. The molecule has 82 valence electrons. The highest BCUT2D eigenvalue weighted by atomic mass is 16.3. The molecule has 2 rings (SSSR count). The summed E-state index contributed by atoms with van der Waals surface area (Å²) in [6.07, 6.45) is 6.69. The summed E-state index contributed by atoms with van der Waals surface area (Å²) >= 11 is 0. The summed E-state index contributed by atoms with van der Waals surface area (Å²) in [5.74, 6) is 0. The summed E-state index contributed by atoms with van der Waals surface area (Å²) in [7, 11) is 0. The van der Waals surface area contributed by atoms with Crippen LogP contribution < -0.4 is 5.73 Å². The van der Waals surface area contributed by atoms with Crippen molar-refractivity contribution in [2.45, 2.75) is 56.7 Å². The molecule has 2 fully saturated rings. The van der Waals surface area contributed by atoms with Gasteiger partial charge in [0.2, 0.25) is 0 Å². The van der Waals surface area contributed by atoms with Gasteiger partial charge < -0.3 is 10.8 Å². The van der Waals surface area contributed by atoms with Crippen LogP contribution in [0.1, 0.15) is 38.5 Å². The molecule has 3 heteroatoms. The van der Waals surface area contributed by atoms with E-state index < -0.39 is 0 Å². The van der Waals surface area contributed by atoms with Crippen molar-refractivity contribution < 1.29 is 5.11 Å². The molecule has 0 radical (unpaired) electrons. The number of nitrogens with zero attached hydrogens (tertiary/aromatic N) is 1. The maximum absolute atomic E-state index is 9.56.